The van der Waals surface area contributed by atoms with E-state index in [1.165, 1.54) is 22.2 Å². The van der Waals surface area contributed by atoms with Crippen molar-refractivity contribution in [1.29, 1.82) is 0 Å². The van der Waals surface area contributed by atoms with Gasteiger partial charge in [-0.25, -0.2) is 9.78 Å². The number of rotatable bonds is 6. The number of para-hydroxylation sites is 1. The summed E-state index contributed by atoms with van der Waals surface area (Å²) in [6.07, 6.45) is 1.36. The summed E-state index contributed by atoms with van der Waals surface area (Å²) in [6, 6.07) is 14.8. The Labute approximate surface area is 194 Å². The number of aryl methyl sites for hydroxylation is 2. The molecule has 168 valence electrons. The third kappa shape index (κ3) is 4.56. The summed E-state index contributed by atoms with van der Waals surface area (Å²) < 4.78 is 6.54. The highest BCUT2D eigenvalue weighted by Gasteiger charge is 2.25. The summed E-state index contributed by atoms with van der Waals surface area (Å²) in [5.41, 5.74) is 3.29. The van der Waals surface area contributed by atoms with Gasteiger partial charge < -0.3 is 10.1 Å². The molecule has 0 saturated carbocycles. The fourth-order valence-corrected chi connectivity index (χ4v) is 4.72. The van der Waals surface area contributed by atoms with Crippen LogP contribution >= 0.6 is 11.3 Å². The van der Waals surface area contributed by atoms with Crippen LogP contribution in [0.15, 0.2) is 59.7 Å². The molecule has 0 aliphatic carbocycles. The summed E-state index contributed by atoms with van der Waals surface area (Å²) in [6.45, 7) is 5.62. The van der Waals surface area contributed by atoms with E-state index in [2.05, 4.69) is 10.3 Å². The molecule has 0 fully saturated rings. The molecule has 33 heavy (non-hydrogen) atoms. The van der Waals surface area contributed by atoms with Crippen molar-refractivity contribution in [3.05, 3.63) is 81.2 Å². The van der Waals surface area contributed by atoms with E-state index in [1.807, 2.05) is 38.1 Å². The lowest BCUT2D eigenvalue weighted by molar-refractivity contribution is -0.116. The van der Waals surface area contributed by atoms with E-state index >= 15 is 0 Å². The van der Waals surface area contributed by atoms with Crippen LogP contribution in [0.4, 0.5) is 5.00 Å². The summed E-state index contributed by atoms with van der Waals surface area (Å²) in [4.78, 5) is 43.6. The van der Waals surface area contributed by atoms with Crippen molar-refractivity contribution in [2.75, 3.05) is 11.9 Å². The maximum atomic E-state index is 12.9. The SMILES string of the molecule is CCOC(=O)c1c(NC(=O)Cn2cnc3ccccc3c2=O)sc(C)c1-c1ccc(C)cc1. The minimum atomic E-state index is -0.503. The lowest BCUT2D eigenvalue weighted by Gasteiger charge is -2.10. The normalized spacial score (nSPS) is 10.9. The van der Waals surface area contributed by atoms with Crippen LogP contribution in [0.5, 0.6) is 0 Å². The average Bonchev–Trinajstić information content (AvgIpc) is 3.12. The van der Waals surface area contributed by atoms with Crippen molar-refractivity contribution in [1.82, 2.24) is 9.55 Å². The zero-order valence-corrected chi connectivity index (χ0v) is 19.4. The van der Waals surface area contributed by atoms with E-state index in [1.54, 1.807) is 31.2 Å². The zero-order chi connectivity index (χ0) is 23.5. The number of ether oxygens (including phenoxy) is 1. The molecule has 1 N–H and O–H groups in total. The summed E-state index contributed by atoms with van der Waals surface area (Å²) >= 11 is 1.30. The number of carbonyl (C=O) groups excluding carboxylic acids is 2. The number of hydrogen-bond donors (Lipinski definition) is 1. The highest BCUT2D eigenvalue weighted by molar-refractivity contribution is 7.17. The van der Waals surface area contributed by atoms with Crippen LogP contribution in [0, 0.1) is 13.8 Å². The number of aromatic nitrogens is 2. The molecule has 0 spiro atoms. The molecule has 0 radical (unpaired) electrons. The Bertz CT molecular complexity index is 1400. The number of anilines is 1. The number of nitrogens with zero attached hydrogens (tertiary/aromatic N) is 2. The molecule has 4 aromatic rings. The van der Waals surface area contributed by atoms with Crippen molar-refractivity contribution in [2.24, 2.45) is 0 Å². The molecule has 0 saturated heterocycles. The largest absolute Gasteiger partial charge is 0.462 e. The van der Waals surface area contributed by atoms with E-state index in [0.717, 1.165) is 21.6 Å². The van der Waals surface area contributed by atoms with Crippen LogP contribution in [-0.2, 0) is 16.1 Å². The predicted molar refractivity (Wildman–Crippen MR) is 130 cm³/mol. The summed E-state index contributed by atoms with van der Waals surface area (Å²) in [5.74, 6) is -0.936. The molecule has 2 aromatic carbocycles. The maximum Gasteiger partial charge on any atom is 0.341 e. The minimum Gasteiger partial charge on any atom is -0.462 e. The molecule has 0 bridgehead atoms. The lowest BCUT2D eigenvalue weighted by atomic mass is 10.0. The molecule has 4 rings (SSSR count). The number of carbonyl (C=O) groups is 2. The molecule has 0 aliphatic rings. The molecule has 1 amide bonds. The second-order valence-corrected chi connectivity index (χ2v) is 8.79. The minimum absolute atomic E-state index is 0.215. The molecule has 7 nitrogen and oxygen atoms in total. The molecular formula is C25H23N3O4S. The number of nitrogens with one attached hydrogen (secondary N) is 1. The van der Waals surface area contributed by atoms with Gasteiger partial charge in [-0.05, 0) is 38.5 Å². The van der Waals surface area contributed by atoms with Crippen LogP contribution in [0.25, 0.3) is 22.0 Å². The topological polar surface area (TPSA) is 90.3 Å². The molecule has 2 heterocycles. The van der Waals surface area contributed by atoms with E-state index < -0.39 is 11.9 Å². The fraction of sp³-hybridized carbons (Fsp3) is 0.200. The number of benzene rings is 2. The van der Waals surface area contributed by atoms with Gasteiger partial charge in [-0.1, -0.05) is 42.0 Å². The number of esters is 1. The third-order valence-corrected chi connectivity index (χ3v) is 6.22. The van der Waals surface area contributed by atoms with Crippen molar-refractivity contribution in [3.8, 4) is 11.1 Å². The second-order valence-electron chi connectivity index (χ2n) is 7.57. The molecule has 0 aliphatic heterocycles. The number of thiophene rings is 1. The van der Waals surface area contributed by atoms with Gasteiger partial charge in [0.2, 0.25) is 5.91 Å². The summed E-state index contributed by atoms with van der Waals surface area (Å²) in [7, 11) is 0. The maximum absolute atomic E-state index is 12.9. The first-order chi connectivity index (χ1) is 15.9. The first-order valence-corrected chi connectivity index (χ1v) is 11.3. The Morgan fingerprint density at radius 3 is 2.55 bits per heavy atom. The van der Waals surface area contributed by atoms with Gasteiger partial charge in [0.15, 0.2) is 0 Å². The second kappa shape index (κ2) is 9.38. The fourth-order valence-electron chi connectivity index (χ4n) is 3.64. The van der Waals surface area contributed by atoms with Crippen LogP contribution in [0.2, 0.25) is 0 Å². The number of amides is 1. The van der Waals surface area contributed by atoms with Crippen LogP contribution in [0.3, 0.4) is 0 Å². The van der Waals surface area contributed by atoms with Crippen molar-refractivity contribution < 1.29 is 14.3 Å². The van der Waals surface area contributed by atoms with E-state index in [9.17, 15) is 14.4 Å². The highest BCUT2D eigenvalue weighted by Crippen LogP contribution is 2.40. The molecule has 8 heteroatoms. The van der Waals surface area contributed by atoms with Crippen LogP contribution < -0.4 is 10.9 Å². The Morgan fingerprint density at radius 2 is 1.82 bits per heavy atom. The van der Waals surface area contributed by atoms with Crippen molar-refractivity contribution in [2.45, 2.75) is 27.3 Å². The van der Waals surface area contributed by atoms with Gasteiger partial charge in [-0.2, -0.15) is 0 Å². The van der Waals surface area contributed by atoms with E-state index in [4.69, 9.17) is 4.74 Å². The molecule has 0 unspecified atom stereocenters. The Kier molecular flexibility index (Phi) is 6.37. The monoisotopic (exact) mass is 461 g/mol. The molecular weight excluding hydrogens is 438 g/mol. The van der Waals surface area contributed by atoms with Crippen LogP contribution in [0.1, 0.15) is 27.7 Å². The summed E-state index contributed by atoms with van der Waals surface area (Å²) in [5, 5.41) is 3.64. The molecule has 0 atom stereocenters. The standard InChI is InChI=1S/C25H23N3O4S/c1-4-32-25(31)22-21(17-11-9-15(2)10-12-17)16(3)33-23(22)27-20(29)13-28-14-26-19-8-6-5-7-18(19)24(28)30/h5-12,14H,4,13H2,1-3H3,(H,27,29). The Hall–Kier alpha value is -3.78. The van der Waals surface area contributed by atoms with Gasteiger partial charge in [0, 0.05) is 10.4 Å². The predicted octanol–water partition coefficient (Wildman–Crippen LogP) is 4.56. The smallest absolute Gasteiger partial charge is 0.341 e. The van der Waals surface area contributed by atoms with Gasteiger partial charge in [-0.15, -0.1) is 11.3 Å². The molecule has 2 aromatic heterocycles. The van der Waals surface area contributed by atoms with Gasteiger partial charge >= 0.3 is 5.97 Å². The van der Waals surface area contributed by atoms with Crippen molar-refractivity contribution in [3.63, 3.8) is 0 Å². The van der Waals surface area contributed by atoms with Gasteiger partial charge in [-0.3, -0.25) is 14.2 Å². The Morgan fingerprint density at radius 1 is 1.09 bits per heavy atom. The lowest BCUT2D eigenvalue weighted by Crippen LogP contribution is -2.28. The van der Waals surface area contributed by atoms with Gasteiger partial charge in [0.1, 0.15) is 17.1 Å². The third-order valence-electron chi connectivity index (χ3n) is 5.20. The quantitative estimate of drug-likeness (QED) is 0.425. The zero-order valence-electron chi connectivity index (χ0n) is 18.5. The van der Waals surface area contributed by atoms with Crippen LogP contribution in [-0.4, -0.2) is 28.0 Å². The van der Waals surface area contributed by atoms with E-state index in [-0.39, 0.29) is 18.7 Å². The first-order valence-electron chi connectivity index (χ1n) is 10.5. The number of fused-ring (bicyclic) bond motifs is 1. The Balaban J connectivity index is 1.67. The van der Waals surface area contributed by atoms with Gasteiger partial charge in [0.05, 0.1) is 23.8 Å². The first kappa shape index (κ1) is 22.4. The average molecular weight is 462 g/mol. The van der Waals surface area contributed by atoms with E-state index in [0.29, 0.717) is 21.5 Å². The number of hydrogen-bond acceptors (Lipinski definition) is 6. The van der Waals surface area contributed by atoms with Crippen molar-refractivity contribution >= 4 is 39.1 Å². The van der Waals surface area contributed by atoms with Gasteiger partial charge in [0.25, 0.3) is 5.56 Å². The highest BCUT2D eigenvalue weighted by atomic mass is 32.1.